The summed E-state index contributed by atoms with van der Waals surface area (Å²) in [6.45, 7) is 1.38. The number of rotatable bonds is 8. The normalized spacial score (nSPS) is 23.2. The molecule has 8 heteroatoms. The van der Waals surface area contributed by atoms with Gasteiger partial charge in [0.15, 0.2) is 0 Å². The Balaban J connectivity index is 1.92. The zero-order chi connectivity index (χ0) is 19.3. The van der Waals surface area contributed by atoms with E-state index in [1.807, 2.05) is 19.2 Å². The molecule has 144 valence electrons. The Morgan fingerprint density at radius 3 is 2.62 bits per heavy atom. The molecule has 0 spiro atoms. The molecule has 2 rings (SSSR count). The summed E-state index contributed by atoms with van der Waals surface area (Å²) in [6, 6.07) is 5.54. The van der Waals surface area contributed by atoms with Crippen molar-refractivity contribution in [2.75, 3.05) is 13.6 Å². The number of aliphatic carboxylic acids is 1. The molecule has 5 nitrogen and oxygen atoms in total. The van der Waals surface area contributed by atoms with Crippen LogP contribution in [0.5, 0.6) is 0 Å². The van der Waals surface area contributed by atoms with Crippen molar-refractivity contribution in [2.45, 2.75) is 38.5 Å². The summed E-state index contributed by atoms with van der Waals surface area (Å²) in [5.74, 6) is -0.807. The number of hydrogen-bond acceptors (Lipinski definition) is 4. The van der Waals surface area contributed by atoms with Gasteiger partial charge in [0.25, 0.3) is 0 Å². The second kappa shape index (κ2) is 9.95. The monoisotopic (exact) mass is 401 g/mol. The maximum Gasteiger partial charge on any atom is 0.451 e. The van der Waals surface area contributed by atoms with Crippen molar-refractivity contribution < 1.29 is 19.9 Å². The second-order valence-corrected chi connectivity index (χ2v) is 8.20. The molecule has 0 unspecified atom stereocenters. The molecule has 1 aliphatic rings. The van der Waals surface area contributed by atoms with Crippen LogP contribution in [0.1, 0.15) is 31.2 Å². The minimum Gasteiger partial charge on any atom is -0.481 e. The molecule has 1 saturated carbocycles. The number of carboxylic acids is 1. The second-order valence-electron chi connectivity index (χ2n) is 7.39. The van der Waals surface area contributed by atoms with Gasteiger partial charge in [-0.2, -0.15) is 0 Å². The fourth-order valence-corrected chi connectivity index (χ4v) is 4.22. The van der Waals surface area contributed by atoms with Crippen LogP contribution in [0, 0.1) is 17.8 Å². The van der Waals surface area contributed by atoms with E-state index >= 15 is 0 Å². The minimum atomic E-state index is -1.31. The lowest BCUT2D eigenvalue weighted by molar-refractivity contribution is -0.146. The number of hydrogen-bond donors (Lipinski definition) is 3. The first-order chi connectivity index (χ1) is 12.3. The maximum absolute atomic E-state index is 11.7. The van der Waals surface area contributed by atoms with Crippen molar-refractivity contribution in [1.82, 2.24) is 4.90 Å². The molecule has 0 aliphatic heterocycles. The smallest absolute Gasteiger partial charge is 0.451 e. The Labute approximate surface area is 165 Å². The topological polar surface area (TPSA) is 81.0 Å². The summed E-state index contributed by atoms with van der Waals surface area (Å²) in [6.07, 6.45) is 3.34. The van der Waals surface area contributed by atoms with Gasteiger partial charge in [-0.05, 0) is 55.7 Å². The molecular weight excluding hydrogens is 376 g/mol. The number of halogens is 2. The highest BCUT2D eigenvalue weighted by atomic mass is 35.5. The van der Waals surface area contributed by atoms with E-state index < -0.39 is 13.1 Å². The molecule has 1 fully saturated rings. The van der Waals surface area contributed by atoms with Gasteiger partial charge in [-0.3, -0.25) is 4.79 Å². The van der Waals surface area contributed by atoms with Crippen LogP contribution < -0.4 is 0 Å². The average Bonchev–Trinajstić information content (AvgIpc) is 2.57. The highest BCUT2D eigenvalue weighted by Crippen LogP contribution is 2.37. The van der Waals surface area contributed by atoms with Gasteiger partial charge in [-0.25, -0.2) is 0 Å². The molecule has 0 saturated heterocycles. The van der Waals surface area contributed by atoms with Crippen molar-refractivity contribution in [3.8, 4) is 0 Å². The molecule has 0 amide bonds. The minimum absolute atomic E-state index is 0.0931. The summed E-state index contributed by atoms with van der Waals surface area (Å²) < 4.78 is 0. The van der Waals surface area contributed by atoms with E-state index in [0.29, 0.717) is 42.3 Å². The molecule has 3 N–H and O–H groups in total. The summed E-state index contributed by atoms with van der Waals surface area (Å²) in [5.41, 5.74) is 1.04. The van der Waals surface area contributed by atoms with E-state index in [1.165, 1.54) is 0 Å². The summed E-state index contributed by atoms with van der Waals surface area (Å²) >= 11 is 12.0. The quantitative estimate of drug-likeness (QED) is 0.581. The molecule has 1 aliphatic carbocycles. The molecular formula is C18H26BCl2NO4. The van der Waals surface area contributed by atoms with E-state index in [1.54, 1.807) is 6.07 Å². The van der Waals surface area contributed by atoms with Crippen LogP contribution in [0.2, 0.25) is 16.4 Å². The van der Waals surface area contributed by atoms with Gasteiger partial charge >= 0.3 is 13.1 Å². The standard InChI is InChI=1S/C18H26BCl2NO4/c1-22(10-13-3-5-16(20)17(21)9-13)11-14-4-2-12(6-7-19(25)26)8-15(14)18(23)24/h3,5,9,12,14-15,25-26H,2,4,6-8,10-11H2,1H3,(H,23,24)/t12-,14-,15-/m0/s1. The number of carbonyl (C=O) groups is 1. The van der Waals surface area contributed by atoms with E-state index in [9.17, 15) is 9.90 Å². The fraction of sp³-hybridized carbons (Fsp3) is 0.611. The van der Waals surface area contributed by atoms with E-state index in [0.717, 1.165) is 18.4 Å². The van der Waals surface area contributed by atoms with Crippen LogP contribution in [0.15, 0.2) is 18.2 Å². The van der Waals surface area contributed by atoms with Crippen molar-refractivity contribution >= 4 is 36.3 Å². The predicted molar refractivity (Wildman–Crippen MR) is 104 cm³/mol. The Morgan fingerprint density at radius 1 is 1.27 bits per heavy atom. The van der Waals surface area contributed by atoms with Crippen LogP contribution in [-0.4, -0.2) is 46.7 Å². The largest absolute Gasteiger partial charge is 0.481 e. The Kier molecular flexibility index (Phi) is 8.23. The van der Waals surface area contributed by atoms with Gasteiger partial charge in [0, 0.05) is 13.1 Å². The highest BCUT2D eigenvalue weighted by Gasteiger charge is 2.35. The SMILES string of the molecule is CN(Cc1ccc(Cl)c(Cl)c1)C[C@@H]1CC[C@@H](CCB(O)O)C[C@@H]1C(=O)O. The summed E-state index contributed by atoms with van der Waals surface area (Å²) in [4.78, 5) is 13.8. The van der Waals surface area contributed by atoms with E-state index in [2.05, 4.69) is 4.90 Å². The highest BCUT2D eigenvalue weighted by molar-refractivity contribution is 6.42. The molecule has 1 aromatic carbocycles. The molecule has 3 atom stereocenters. The molecule has 1 aromatic rings. The summed E-state index contributed by atoms with van der Waals surface area (Å²) in [7, 11) is 0.670. The van der Waals surface area contributed by atoms with Gasteiger partial charge in [0.05, 0.1) is 16.0 Å². The lowest BCUT2D eigenvalue weighted by Crippen LogP contribution is -2.38. The first kappa shape index (κ1) is 21.5. The van der Waals surface area contributed by atoms with Crippen LogP contribution in [0.25, 0.3) is 0 Å². The van der Waals surface area contributed by atoms with Gasteiger partial charge in [-0.1, -0.05) is 42.1 Å². The number of benzene rings is 1. The first-order valence-electron chi connectivity index (χ1n) is 8.97. The molecule has 0 bridgehead atoms. The number of carboxylic acid groups (broad SMARTS) is 1. The average molecular weight is 402 g/mol. The first-order valence-corrected chi connectivity index (χ1v) is 9.73. The third-order valence-electron chi connectivity index (χ3n) is 5.24. The van der Waals surface area contributed by atoms with E-state index in [4.69, 9.17) is 33.2 Å². The molecule has 0 radical (unpaired) electrons. The molecule has 0 aromatic heterocycles. The third-order valence-corrected chi connectivity index (χ3v) is 5.97. The maximum atomic E-state index is 11.7. The van der Waals surface area contributed by atoms with Gasteiger partial charge < -0.3 is 20.1 Å². The summed E-state index contributed by atoms with van der Waals surface area (Å²) in [5, 5.41) is 28.7. The third kappa shape index (κ3) is 6.43. The lowest BCUT2D eigenvalue weighted by atomic mass is 9.70. The lowest BCUT2D eigenvalue weighted by Gasteiger charge is -2.36. The fourth-order valence-electron chi connectivity index (χ4n) is 3.90. The van der Waals surface area contributed by atoms with E-state index in [-0.39, 0.29) is 17.8 Å². The van der Waals surface area contributed by atoms with Crippen molar-refractivity contribution in [2.24, 2.45) is 17.8 Å². The van der Waals surface area contributed by atoms with Crippen LogP contribution in [0.3, 0.4) is 0 Å². The zero-order valence-corrected chi connectivity index (χ0v) is 16.5. The molecule has 0 heterocycles. The Hall–Kier alpha value is -0.785. The molecule has 26 heavy (non-hydrogen) atoms. The predicted octanol–water partition coefficient (Wildman–Crippen LogP) is 3.41. The Bertz CT molecular complexity index is 617. The van der Waals surface area contributed by atoms with Gasteiger partial charge in [0.2, 0.25) is 0 Å². The van der Waals surface area contributed by atoms with Crippen LogP contribution in [0.4, 0.5) is 0 Å². The Morgan fingerprint density at radius 2 is 2.00 bits per heavy atom. The van der Waals surface area contributed by atoms with Crippen molar-refractivity contribution in [3.05, 3.63) is 33.8 Å². The zero-order valence-electron chi connectivity index (χ0n) is 14.9. The van der Waals surface area contributed by atoms with Crippen molar-refractivity contribution in [1.29, 1.82) is 0 Å². The van der Waals surface area contributed by atoms with Crippen LogP contribution >= 0.6 is 23.2 Å². The van der Waals surface area contributed by atoms with Crippen LogP contribution in [-0.2, 0) is 11.3 Å². The van der Waals surface area contributed by atoms with Crippen molar-refractivity contribution in [3.63, 3.8) is 0 Å². The van der Waals surface area contributed by atoms with Gasteiger partial charge in [-0.15, -0.1) is 0 Å². The number of nitrogens with zero attached hydrogens (tertiary/aromatic N) is 1. The van der Waals surface area contributed by atoms with Gasteiger partial charge in [0.1, 0.15) is 0 Å².